The summed E-state index contributed by atoms with van der Waals surface area (Å²) in [6.07, 6.45) is 5.79. The lowest BCUT2D eigenvalue weighted by molar-refractivity contribution is -0.135. The molecule has 1 aliphatic carbocycles. The Kier molecular flexibility index (Phi) is 5.15. The van der Waals surface area contributed by atoms with E-state index >= 15 is 0 Å². The maximum Gasteiger partial charge on any atom is 0.244 e. The molecule has 8 heteroatoms. The maximum atomic E-state index is 12.8. The van der Waals surface area contributed by atoms with E-state index in [0.717, 1.165) is 31.5 Å². The Morgan fingerprint density at radius 1 is 1.29 bits per heavy atom. The van der Waals surface area contributed by atoms with Gasteiger partial charge in [0.25, 0.3) is 0 Å². The first-order chi connectivity index (χ1) is 11.6. The molecule has 1 atom stereocenters. The molecule has 2 amide bonds. The lowest BCUT2D eigenvalue weighted by Gasteiger charge is -2.36. The van der Waals surface area contributed by atoms with Crippen molar-refractivity contribution in [3.05, 3.63) is 18.0 Å². The van der Waals surface area contributed by atoms with E-state index in [2.05, 4.69) is 20.6 Å². The van der Waals surface area contributed by atoms with Crippen molar-refractivity contribution in [1.29, 1.82) is 0 Å². The molecule has 2 heterocycles. The predicted octanol–water partition coefficient (Wildman–Crippen LogP) is -0.897. The molecule has 1 unspecified atom stereocenters. The standard InChI is InChI=1S/C16H26N6O2/c1-17-15(12-9-18-20(2)10-12)16(24)22-7-5-21(6-8-22)11-14(23)19-13-3-4-13/h9-10,13,15,17H,3-8,11H2,1-2H3,(H,19,23). The smallest absolute Gasteiger partial charge is 0.244 e. The summed E-state index contributed by atoms with van der Waals surface area (Å²) < 4.78 is 1.70. The van der Waals surface area contributed by atoms with E-state index in [9.17, 15) is 9.59 Å². The summed E-state index contributed by atoms with van der Waals surface area (Å²) in [6.45, 7) is 3.18. The minimum absolute atomic E-state index is 0.0626. The highest BCUT2D eigenvalue weighted by Gasteiger charge is 2.29. The van der Waals surface area contributed by atoms with Crippen LogP contribution in [0.4, 0.5) is 0 Å². The Hall–Kier alpha value is -1.93. The monoisotopic (exact) mass is 334 g/mol. The van der Waals surface area contributed by atoms with Crippen LogP contribution >= 0.6 is 0 Å². The van der Waals surface area contributed by atoms with Crippen molar-refractivity contribution in [3.63, 3.8) is 0 Å². The number of aromatic nitrogens is 2. The van der Waals surface area contributed by atoms with Crippen molar-refractivity contribution >= 4 is 11.8 Å². The number of hydrogen-bond donors (Lipinski definition) is 2. The van der Waals surface area contributed by atoms with E-state index in [4.69, 9.17) is 0 Å². The molecule has 0 bridgehead atoms. The quantitative estimate of drug-likeness (QED) is 0.705. The first kappa shape index (κ1) is 16.9. The lowest BCUT2D eigenvalue weighted by Crippen LogP contribution is -2.53. The molecule has 1 aromatic rings. The Bertz CT molecular complexity index is 589. The van der Waals surface area contributed by atoms with Crippen molar-refractivity contribution in [2.75, 3.05) is 39.8 Å². The van der Waals surface area contributed by atoms with Crippen LogP contribution in [0.5, 0.6) is 0 Å². The first-order valence-corrected chi connectivity index (χ1v) is 8.53. The van der Waals surface area contributed by atoms with Crippen molar-refractivity contribution < 1.29 is 9.59 Å². The van der Waals surface area contributed by atoms with Crippen molar-refractivity contribution in [1.82, 2.24) is 30.2 Å². The molecule has 8 nitrogen and oxygen atoms in total. The van der Waals surface area contributed by atoms with Gasteiger partial charge in [-0.2, -0.15) is 5.10 Å². The molecule has 24 heavy (non-hydrogen) atoms. The van der Waals surface area contributed by atoms with Crippen LogP contribution in [-0.2, 0) is 16.6 Å². The van der Waals surface area contributed by atoms with Gasteiger partial charge in [0.05, 0.1) is 12.7 Å². The van der Waals surface area contributed by atoms with Gasteiger partial charge in [-0.15, -0.1) is 0 Å². The van der Waals surface area contributed by atoms with Crippen molar-refractivity contribution in [2.24, 2.45) is 7.05 Å². The molecule has 1 saturated carbocycles. The van der Waals surface area contributed by atoms with Crippen LogP contribution in [-0.4, -0.2) is 77.2 Å². The number of likely N-dealkylation sites (N-methyl/N-ethyl adjacent to an activating group) is 1. The summed E-state index contributed by atoms with van der Waals surface area (Å²) in [5.74, 6) is 0.160. The number of amides is 2. The third-order valence-corrected chi connectivity index (χ3v) is 4.59. The Balaban J connectivity index is 1.49. The molecule has 0 aromatic carbocycles. The topological polar surface area (TPSA) is 82.5 Å². The van der Waals surface area contributed by atoms with E-state index in [1.807, 2.05) is 18.1 Å². The van der Waals surface area contributed by atoms with Gasteiger partial charge in [0.1, 0.15) is 6.04 Å². The van der Waals surface area contributed by atoms with E-state index < -0.39 is 0 Å². The number of carbonyl (C=O) groups is 2. The fourth-order valence-electron chi connectivity index (χ4n) is 3.03. The normalized spacial score (nSPS) is 20.0. The molecule has 2 aliphatic rings. The second-order valence-corrected chi connectivity index (χ2v) is 6.61. The molecular formula is C16H26N6O2. The summed E-state index contributed by atoms with van der Waals surface area (Å²) in [4.78, 5) is 28.6. The SMILES string of the molecule is CNC(C(=O)N1CCN(CC(=O)NC2CC2)CC1)c1cnn(C)c1. The molecule has 1 aliphatic heterocycles. The van der Waals surface area contributed by atoms with Gasteiger partial charge in [-0.3, -0.25) is 19.2 Å². The number of piperazine rings is 1. The maximum absolute atomic E-state index is 12.8. The average Bonchev–Trinajstić information content (AvgIpc) is 3.27. The fraction of sp³-hybridized carbons (Fsp3) is 0.688. The lowest BCUT2D eigenvalue weighted by atomic mass is 10.1. The zero-order chi connectivity index (χ0) is 17.1. The molecule has 3 rings (SSSR count). The third-order valence-electron chi connectivity index (χ3n) is 4.59. The Morgan fingerprint density at radius 3 is 2.54 bits per heavy atom. The summed E-state index contributed by atoms with van der Waals surface area (Å²) >= 11 is 0. The molecule has 0 spiro atoms. The predicted molar refractivity (Wildman–Crippen MR) is 89.2 cm³/mol. The number of carbonyl (C=O) groups excluding carboxylic acids is 2. The summed E-state index contributed by atoms with van der Waals surface area (Å²) in [7, 11) is 3.63. The Labute approximate surface area is 142 Å². The highest BCUT2D eigenvalue weighted by atomic mass is 16.2. The van der Waals surface area contributed by atoms with Crippen molar-refractivity contribution in [2.45, 2.75) is 24.9 Å². The minimum atomic E-state index is -0.372. The molecule has 132 valence electrons. The number of nitrogens with one attached hydrogen (secondary N) is 2. The van der Waals surface area contributed by atoms with Crippen LogP contribution in [0, 0.1) is 0 Å². The molecule has 1 saturated heterocycles. The first-order valence-electron chi connectivity index (χ1n) is 8.53. The van der Waals surface area contributed by atoms with Gasteiger partial charge in [-0.1, -0.05) is 0 Å². The summed E-state index contributed by atoms with van der Waals surface area (Å²) in [5, 5.41) is 10.2. The highest BCUT2D eigenvalue weighted by molar-refractivity contribution is 5.83. The molecular weight excluding hydrogens is 308 g/mol. The van der Waals surface area contributed by atoms with Crippen LogP contribution in [0.15, 0.2) is 12.4 Å². The van der Waals surface area contributed by atoms with Gasteiger partial charge in [0, 0.05) is 51.0 Å². The highest BCUT2D eigenvalue weighted by Crippen LogP contribution is 2.19. The molecule has 2 N–H and O–H groups in total. The van der Waals surface area contributed by atoms with Gasteiger partial charge in [0.2, 0.25) is 11.8 Å². The van der Waals surface area contributed by atoms with Crippen LogP contribution in [0.25, 0.3) is 0 Å². The van der Waals surface area contributed by atoms with Crippen molar-refractivity contribution in [3.8, 4) is 0 Å². The second-order valence-electron chi connectivity index (χ2n) is 6.61. The zero-order valence-electron chi connectivity index (χ0n) is 14.4. The van der Waals surface area contributed by atoms with Gasteiger partial charge in [0.15, 0.2) is 0 Å². The van der Waals surface area contributed by atoms with E-state index in [0.29, 0.717) is 25.7 Å². The third kappa shape index (κ3) is 4.12. The average molecular weight is 334 g/mol. The van der Waals surface area contributed by atoms with Crippen LogP contribution in [0.2, 0.25) is 0 Å². The minimum Gasteiger partial charge on any atom is -0.352 e. The molecule has 2 fully saturated rings. The second kappa shape index (κ2) is 7.31. The van der Waals surface area contributed by atoms with Crippen LogP contribution in [0.1, 0.15) is 24.4 Å². The Morgan fingerprint density at radius 2 is 2.00 bits per heavy atom. The van der Waals surface area contributed by atoms with E-state index in [1.54, 1.807) is 17.9 Å². The van der Waals surface area contributed by atoms with E-state index in [1.165, 1.54) is 0 Å². The van der Waals surface area contributed by atoms with Crippen LogP contribution in [0.3, 0.4) is 0 Å². The summed E-state index contributed by atoms with van der Waals surface area (Å²) in [6, 6.07) is 0.0275. The number of nitrogens with zero attached hydrogens (tertiary/aromatic N) is 4. The largest absolute Gasteiger partial charge is 0.352 e. The fourth-order valence-corrected chi connectivity index (χ4v) is 3.03. The van der Waals surface area contributed by atoms with Gasteiger partial charge in [-0.25, -0.2) is 0 Å². The number of aryl methyl sites for hydroxylation is 1. The molecule has 1 aromatic heterocycles. The molecule has 0 radical (unpaired) electrons. The summed E-state index contributed by atoms with van der Waals surface area (Å²) in [5.41, 5.74) is 0.872. The number of hydrogen-bond acceptors (Lipinski definition) is 5. The number of rotatable bonds is 6. The zero-order valence-corrected chi connectivity index (χ0v) is 14.4. The van der Waals surface area contributed by atoms with E-state index in [-0.39, 0.29) is 17.9 Å². The van der Waals surface area contributed by atoms with Gasteiger partial charge < -0.3 is 15.5 Å². The van der Waals surface area contributed by atoms with Gasteiger partial charge >= 0.3 is 0 Å². The van der Waals surface area contributed by atoms with Crippen LogP contribution < -0.4 is 10.6 Å². The van der Waals surface area contributed by atoms with Gasteiger partial charge in [-0.05, 0) is 19.9 Å².